The number of hydrogen-bond acceptors (Lipinski definition) is 2. The van der Waals surface area contributed by atoms with Crippen molar-refractivity contribution < 1.29 is 13.9 Å². The molecule has 106 valence electrons. The highest BCUT2D eigenvalue weighted by Gasteiger charge is 2.22. The minimum atomic E-state index is -0.533. The summed E-state index contributed by atoms with van der Waals surface area (Å²) in [7, 11) is 0. The second-order valence-corrected chi connectivity index (χ2v) is 5.92. The Bertz CT molecular complexity index is 421. The number of benzene rings is 1. The Morgan fingerprint density at radius 1 is 1.21 bits per heavy atom. The molecule has 0 radical (unpaired) electrons. The first-order chi connectivity index (χ1) is 8.69. The molecule has 1 aromatic rings. The van der Waals surface area contributed by atoms with Crippen molar-refractivity contribution in [2.75, 3.05) is 0 Å². The quantitative estimate of drug-likeness (QED) is 0.897. The smallest absolute Gasteiger partial charge is 0.408 e. The summed E-state index contributed by atoms with van der Waals surface area (Å²) in [5.74, 6) is -0.110. The lowest BCUT2D eigenvalue weighted by Crippen LogP contribution is -2.36. The summed E-state index contributed by atoms with van der Waals surface area (Å²) in [5.41, 5.74) is 0.330. The van der Waals surface area contributed by atoms with Gasteiger partial charge in [0.1, 0.15) is 11.4 Å². The van der Waals surface area contributed by atoms with Gasteiger partial charge in [-0.25, -0.2) is 9.18 Å². The molecule has 0 aliphatic carbocycles. The SMILES string of the molecule is CC(C)[C@@H](NC(=O)OC(C)(C)C)c1ccc(F)cc1. The number of ether oxygens (including phenoxy) is 1. The molecule has 1 aromatic carbocycles. The van der Waals surface area contributed by atoms with Crippen molar-refractivity contribution in [2.45, 2.75) is 46.3 Å². The molecule has 0 saturated carbocycles. The summed E-state index contributed by atoms with van der Waals surface area (Å²) in [6.07, 6.45) is -0.462. The molecule has 3 nitrogen and oxygen atoms in total. The minimum Gasteiger partial charge on any atom is -0.444 e. The Kier molecular flexibility index (Phi) is 4.92. The fourth-order valence-electron chi connectivity index (χ4n) is 1.74. The van der Waals surface area contributed by atoms with Gasteiger partial charge in [0.15, 0.2) is 0 Å². The zero-order chi connectivity index (χ0) is 14.6. The standard InChI is InChI=1S/C15H22FNO2/c1-10(2)13(11-6-8-12(16)9-7-11)17-14(18)19-15(3,4)5/h6-10,13H,1-5H3,(H,17,18)/t13-/m1/s1. The largest absolute Gasteiger partial charge is 0.444 e. The van der Waals surface area contributed by atoms with Crippen molar-refractivity contribution in [1.82, 2.24) is 5.32 Å². The number of carbonyl (C=O) groups excluding carboxylic acids is 1. The van der Waals surface area contributed by atoms with E-state index in [4.69, 9.17) is 4.74 Å². The summed E-state index contributed by atoms with van der Waals surface area (Å²) >= 11 is 0. The van der Waals surface area contributed by atoms with Crippen molar-refractivity contribution >= 4 is 6.09 Å². The van der Waals surface area contributed by atoms with Gasteiger partial charge in [-0.1, -0.05) is 26.0 Å². The van der Waals surface area contributed by atoms with Gasteiger partial charge in [0.05, 0.1) is 6.04 Å². The summed E-state index contributed by atoms with van der Waals surface area (Å²) in [4.78, 5) is 11.8. The van der Waals surface area contributed by atoms with E-state index in [1.807, 2.05) is 34.6 Å². The Morgan fingerprint density at radius 2 is 1.74 bits per heavy atom. The first-order valence-corrected chi connectivity index (χ1v) is 6.44. The maximum absolute atomic E-state index is 12.9. The third-order valence-electron chi connectivity index (χ3n) is 2.57. The summed E-state index contributed by atoms with van der Waals surface area (Å²) in [6, 6.07) is 5.94. The summed E-state index contributed by atoms with van der Waals surface area (Å²) in [6.45, 7) is 9.43. The zero-order valence-corrected chi connectivity index (χ0v) is 12.2. The Labute approximate surface area is 114 Å². The van der Waals surface area contributed by atoms with E-state index in [-0.39, 0.29) is 17.8 Å². The molecule has 19 heavy (non-hydrogen) atoms. The van der Waals surface area contributed by atoms with Crippen molar-refractivity contribution in [3.8, 4) is 0 Å². The lowest BCUT2D eigenvalue weighted by molar-refractivity contribution is 0.0489. The van der Waals surface area contributed by atoms with Crippen LogP contribution >= 0.6 is 0 Å². The van der Waals surface area contributed by atoms with E-state index in [1.54, 1.807) is 12.1 Å². The molecule has 0 bridgehead atoms. The van der Waals surface area contributed by atoms with E-state index in [9.17, 15) is 9.18 Å². The molecule has 0 heterocycles. The van der Waals surface area contributed by atoms with Gasteiger partial charge in [0, 0.05) is 0 Å². The van der Waals surface area contributed by atoms with E-state index in [0.29, 0.717) is 0 Å². The molecule has 1 N–H and O–H groups in total. The number of alkyl carbamates (subject to hydrolysis) is 1. The lowest BCUT2D eigenvalue weighted by Gasteiger charge is -2.26. The minimum absolute atomic E-state index is 0.179. The van der Waals surface area contributed by atoms with Gasteiger partial charge < -0.3 is 10.1 Å². The molecule has 4 heteroatoms. The molecule has 0 aromatic heterocycles. The number of rotatable bonds is 3. The maximum atomic E-state index is 12.9. The average molecular weight is 267 g/mol. The second-order valence-electron chi connectivity index (χ2n) is 5.92. The van der Waals surface area contributed by atoms with Crippen LogP contribution in [0.3, 0.4) is 0 Å². The predicted octanol–water partition coefficient (Wildman–Crippen LogP) is 4.05. The summed E-state index contributed by atoms with van der Waals surface area (Å²) in [5, 5.41) is 2.83. The topological polar surface area (TPSA) is 38.3 Å². The highest BCUT2D eigenvalue weighted by Crippen LogP contribution is 2.22. The number of hydrogen-bond donors (Lipinski definition) is 1. The van der Waals surface area contributed by atoms with Crippen LogP contribution in [0.1, 0.15) is 46.2 Å². The number of amides is 1. The number of nitrogens with one attached hydrogen (secondary N) is 1. The first-order valence-electron chi connectivity index (χ1n) is 6.44. The van der Waals surface area contributed by atoms with Crippen molar-refractivity contribution in [3.63, 3.8) is 0 Å². The molecule has 0 saturated heterocycles. The lowest BCUT2D eigenvalue weighted by atomic mass is 9.96. The molecule has 1 atom stereocenters. The van der Waals surface area contributed by atoms with Gasteiger partial charge >= 0.3 is 6.09 Å². The van der Waals surface area contributed by atoms with Gasteiger partial charge in [-0.15, -0.1) is 0 Å². The zero-order valence-electron chi connectivity index (χ0n) is 12.2. The fourth-order valence-corrected chi connectivity index (χ4v) is 1.74. The Hall–Kier alpha value is -1.58. The van der Waals surface area contributed by atoms with Gasteiger partial charge in [-0.3, -0.25) is 0 Å². The highest BCUT2D eigenvalue weighted by molar-refractivity contribution is 5.68. The molecular weight excluding hydrogens is 245 g/mol. The van der Waals surface area contributed by atoms with E-state index in [1.165, 1.54) is 12.1 Å². The van der Waals surface area contributed by atoms with E-state index >= 15 is 0 Å². The molecular formula is C15H22FNO2. The van der Waals surface area contributed by atoms with E-state index in [0.717, 1.165) is 5.56 Å². The number of carbonyl (C=O) groups is 1. The van der Waals surface area contributed by atoms with Crippen LogP contribution in [-0.2, 0) is 4.74 Å². The first kappa shape index (κ1) is 15.5. The summed E-state index contributed by atoms with van der Waals surface area (Å²) < 4.78 is 18.2. The Morgan fingerprint density at radius 3 is 2.16 bits per heavy atom. The molecule has 1 amide bonds. The molecule has 0 unspecified atom stereocenters. The van der Waals surface area contributed by atoms with Gasteiger partial charge in [-0.05, 0) is 44.4 Å². The second kappa shape index (κ2) is 6.04. The monoisotopic (exact) mass is 267 g/mol. The fraction of sp³-hybridized carbons (Fsp3) is 0.533. The predicted molar refractivity (Wildman–Crippen MR) is 73.3 cm³/mol. The molecule has 0 spiro atoms. The third kappa shape index (κ3) is 5.28. The van der Waals surface area contributed by atoms with Crippen LogP contribution in [0.15, 0.2) is 24.3 Å². The van der Waals surface area contributed by atoms with Gasteiger partial charge in [0.2, 0.25) is 0 Å². The molecule has 0 fully saturated rings. The van der Waals surface area contributed by atoms with Crippen molar-refractivity contribution in [1.29, 1.82) is 0 Å². The van der Waals surface area contributed by atoms with Gasteiger partial charge in [-0.2, -0.15) is 0 Å². The van der Waals surface area contributed by atoms with Crippen LogP contribution in [0.2, 0.25) is 0 Å². The van der Waals surface area contributed by atoms with Crippen molar-refractivity contribution in [2.24, 2.45) is 5.92 Å². The van der Waals surface area contributed by atoms with Crippen LogP contribution in [0.25, 0.3) is 0 Å². The van der Waals surface area contributed by atoms with E-state index in [2.05, 4.69) is 5.32 Å². The molecule has 1 rings (SSSR count). The Balaban J connectivity index is 2.79. The van der Waals surface area contributed by atoms with Crippen LogP contribution in [0.5, 0.6) is 0 Å². The molecule has 0 aliphatic heterocycles. The molecule has 0 aliphatic rings. The maximum Gasteiger partial charge on any atom is 0.408 e. The van der Waals surface area contributed by atoms with Crippen LogP contribution in [0, 0.1) is 11.7 Å². The van der Waals surface area contributed by atoms with Crippen molar-refractivity contribution in [3.05, 3.63) is 35.6 Å². The normalized spacial score (nSPS) is 13.2. The van der Waals surface area contributed by atoms with Crippen LogP contribution < -0.4 is 5.32 Å². The number of halogens is 1. The van der Waals surface area contributed by atoms with Crippen LogP contribution in [-0.4, -0.2) is 11.7 Å². The average Bonchev–Trinajstić information content (AvgIpc) is 2.24. The third-order valence-corrected chi connectivity index (χ3v) is 2.57. The highest BCUT2D eigenvalue weighted by atomic mass is 19.1. The van der Waals surface area contributed by atoms with E-state index < -0.39 is 11.7 Å². The van der Waals surface area contributed by atoms with Crippen LogP contribution in [0.4, 0.5) is 9.18 Å². The van der Waals surface area contributed by atoms with Gasteiger partial charge in [0.25, 0.3) is 0 Å².